The quantitative estimate of drug-likeness (QED) is 0.430. The van der Waals surface area contributed by atoms with E-state index >= 15 is 0 Å². The molecule has 0 radical (unpaired) electrons. The predicted octanol–water partition coefficient (Wildman–Crippen LogP) is 5.15. The Balaban J connectivity index is 2.09. The Morgan fingerprint density at radius 2 is 1.75 bits per heavy atom. The van der Waals surface area contributed by atoms with E-state index in [0.29, 0.717) is 22.2 Å². The molecule has 0 aromatic heterocycles. The molecule has 0 aliphatic heterocycles. The first kappa shape index (κ1) is 26.5. The standard InChI is InChI=1S/C23H29Cl2NO5S/c1-15(2)31-20-7-5-6-17(12-20)16(3)23(27)26-14-19(10-11-30-32(4,28)29)18-8-9-21(24)22(25)13-18/h5-9,12-13,15-16,19H,10-11,14H2,1-4H3,(H,26,27). The summed E-state index contributed by atoms with van der Waals surface area (Å²) in [4.78, 5) is 12.8. The fourth-order valence-corrected chi connectivity index (χ4v) is 3.86. The number of carbonyl (C=O) groups excluding carboxylic acids is 1. The minimum absolute atomic E-state index is 0.0102. The van der Waals surface area contributed by atoms with Gasteiger partial charge in [-0.15, -0.1) is 0 Å². The van der Waals surface area contributed by atoms with Crippen molar-refractivity contribution >= 4 is 39.2 Å². The average Bonchev–Trinajstić information content (AvgIpc) is 2.70. The normalized spacial score (nSPS) is 13.6. The van der Waals surface area contributed by atoms with E-state index in [1.54, 1.807) is 12.1 Å². The Morgan fingerprint density at radius 3 is 2.38 bits per heavy atom. The molecule has 32 heavy (non-hydrogen) atoms. The summed E-state index contributed by atoms with van der Waals surface area (Å²) in [5, 5.41) is 3.77. The lowest BCUT2D eigenvalue weighted by atomic mass is 9.95. The largest absolute Gasteiger partial charge is 0.491 e. The summed E-state index contributed by atoms with van der Waals surface area (Å²) >= 11 is 12.2. The zero-order chi connectivity index (χ0) is 23.9. The minimum atomic E-state index is -3.56. The van der Waals surface area contributed by atoms with E-state index in [2.05, 4.69) is 5.32 Å². The molecule has 0 aliphatic rings. The molecule has 0 aliphatic carbocycles. The van der Waals surface area contributed by atoms with E-state index in [-0.39, 0.29) is 31.1 Å². The molecule has 0 spiro atoms. The monoisotopic (exact) mass is 501 g/mol. The van der Waals surface area contributed by atoms with Crippen molar-refractivity contribution in [3.63, 3.8) is 0 Å². The van der Waals surface area contributed by atoms with Crippen LogP contribution in [-0.2, 0) is 19.1 Å². The lowest BCUT2D eigenvalue weighted by Gasteiger charge is -2.20. The number of hydrogen-bond donors (Lipinski definition) is 1. The van der Waals surface area contributed by atoms with Crippen LogP contribution in [0, 0.1) is 0 Å². The van der Waals surface area contributed by atoms with Crippen LogP contribution in [0.4, 0.5) is 0 Å². The number of nitrogens with one attached hydrogen (secondary N) is 1. The number of rotatable bonds is 11. The molecule has 2 atom stereocenters. The summed E-state index contributed by atoms with van der Waals surface area (Å²) in [6.45, 7) is 5.99. The van der Waals surface area contributed by atoms with Crippen LogP contribution >= 0.6 is 23.2 Å². The second kappa shape index (κ2) is 11.9. The van der Waals surface area contributed by atoms with Crippen molar-refractivity contribution in [1.29, 1.82) is 0 Å². The fraction of sp³-hybridized carbons (Fsp3) is 0.435. The molecule has 2 aromatic rings. The molecule has 2 rings (SSSR count). The van der Waals surface area contributed by atoms with E-state index in [1.165, 1.54) is 0 Å². The molecule has 2 unspecified atom stereocenters. The van der Waals surface area contributed by atoms with Gasteiger partial charge in [0.25, 0.3) is 10.1 Å². The second-order valence-corrected chi connectivity index (χ2v) is 10.3. The first-order chi connectivity index (χ1) is 15.0. The summed E-state index contributed by atoms with van der Waals surface area (Å²) < 4.78 is 33.2. The second-order valence-electron chi connectivity index (χ2n) is 7.89. The fourth-order valence-electron chi connectivity index (χ4n) is 3.15. The van der Waals surface area contributed by atoms with Crippen molar-refractivity contribution in [3.05, 3.63) is 63.6 Å². The van der Waals surface area contributed by atoms with Crippen molar-refractivity contribution in [2.75, 3.05) is 19.4 Å². The van der Waals surface area contributed by atoms with E-state index in [1.807, 2.05) is 51.1 Å². The van der Waals surface area contributed by atoms with Gasteiger partial charge < -0.3 is 10.1 Å². The maximum atomic E-state index is 12.8. The van der Waals surface area contributed by atoms with Crippen molar-refractivity contribution in [2.45, 2.75) is 45.1 Å². The Labute approximate surface area is 200 Å². The maximum absolute atomic E-state index is 12.8. The van der Waals surface area contributed by atoms with Crippen molar-refractivity contribution in [2.24, 2.45) is 0 Å². The van der Waals surface area contributed by atoms with Crippen LogP contribution in [0.25, 0.3) is 0 Å². The molecule has 2 aromatic carbocycles. The van der Waals surface area contributed by atoms with Crippen molar-refractivity contribution in [1.82, 2.24) is 5.32 Å². The van der Waals surface area contributed by atoms with Gasteiger partial charge in [0.15, 0.2) is 0 Å². The van der Waals surface area contributed by atoms with Gasteiger partial charge in [-0.1, -0.05) is 41.4 Å². The highest BCUT2D eigenvalue weighted by Crippen LogP contribution is 2.28. The first-order valence-corrected chi connectivity index (χ1v) is 12.9. The van der Waals surface area contributed by atoms with E-state index in [4.69, 9.17) is 32.1 Å². The third-order valence-corrected chi connectivity index (χ3v) is 6.16. The smallest absolute Gasteiger partial charge is 0.264 e. The highest BCUT2D eigenvalue weighted by Gasteiger charge is 2.20. The van der Waals surface area contributed by atoms with E-state index in [0.717, 1.165) is 17.4 Å². The summed E-state index contributed by atoms with van der Waals surface area (Å²) in [6.07, 6.45) is 1.41. The van der Waals surface area contributed by atoms with Gasteiger partial charge in [-0.2, -0.15) is 8.42 Å². The molecule has 0 saturated heterocycles. The molecule has 0 saturated carbocycles. The van der Waals surface area contributed by atoms with Crippen molar-refractivity contribution < 1.29 is 22.1 Å². The summed E-state index contributed by atoms with van der Waals surface area (Å²) in [6, 6.07) is 12.7. The van der Waals surface area contributed by atoms with Gasteiger partial charge in [-0.3, -0.25) is 8.98 Å². The first-order valence-electron chi connectivity index (χ1n) is 10.3. The molecule has 0 fully saturated rings. The third-order valence-electron chi connectivity index (χ3n) is 4.82. The van der Waals surface area contributed by atoms with Gasteiger partial charge in [0, 0.05) is 12.5 Å². The number of benzene rings is 2. The Bertz CT molecular complexity index is 1030. The van der Waals surface area contributed by atoms with Crippen LogP contribution in [0.15, 0.2) is 42.5 Å². The summed E-state index contributed by atoms with van der Waals surface area (Å²) in [5.74, 6) is -0.0461. The zero-order valence-corrected chi connectivity index (χ0v) is 20.9. The molecule has 0 bridgehead atoms. The molecular weight excluding hydrogens is 473 g/mol. The molecule has 9 heteroatoms. The van der Waals surface area contributed by atoms with Crippen LogP contribution in [0.5, 0.6) is 5.75 Å². The number of ether oxygens (including phenoxy) is 1. The number of amides is 1. The van der Waals surface area contributed by atoms with Gasteiger partial charge >= 0.3 is 0 Å². The average molecular weight is 502 g/mol. The molecule has 1 N–H and O–H groups in total. The van der Waals surface area contributed by atoms with Crippen LogP contribution in [0.2, 0.25) is 10.0 Å². The topological polar surface area (TPSA) is 81.7 Å². The Kier molecular flexibility index (Phi) is 9.83. The van der Waals surface area contributed by atoms with Gasteiger partial charge in [0.1, 0.15) is 5.75 Å². The number of hydrogen-bond acceptors (Lipinski definition) is 5. The zero-order valence-electron chi connectivity index (χ0n) is 18.6. The lowest BCUT2D eigenvalue weighted by molar-refractivity contribution is -0.122. The number of carbonyl (C=O) groups is 1. The summed E-state index contributed by atoms with van der Waals surface area (Å²) in [7, 11) is -3.56. The number of halogens is 2. The van der Waals surface area contributed by atoms with Gasteiger partial charge in [0.05, 0.1) is 34.9 Å². The Hall–Kier alpha value is -1.80. The molecule has 1 amide bonds. The Morgan fingerprint density at radius 1 is 1.03 bits per heavy atom. The van der Waals surface area contributed by atoms with Gasteiger partial charge in [0.2, 0.25) is 5.91 Å². The van der Waals surface area contributed by atoms with E-state index < -0.39 is 16.0 Å². The maximum Gasteiger partial charge on any atom is 0.264 e. The molecule has 6 nitrogen and oxygen atoms in total. The van der Waals surface area contributed by atoms with Gasteiger partial charge in [-0.05, 0) is 62.6 Å². The van der Waals surface area contributed by atoms with E-state index in [9.17, 15) is 13.2 Å². The third kappa shape index (κ3) is 8.62. The highest BCUT2D eigenvalue weighted by atomic mass is 35.5. The lowest BCUT2D eigenvalue weighted by Crippen LogP contribution is -2.32. The molecule has 176 valence electrons. The van der Waals surface area contributed by atoms with Crippen LogP contribution < -0.4 is 10.1 Å². The van der Waals surface area contributed by atoms with Crippen molar-refractivity contribution in [3.8, 4) is 5.75 Å². The van der Waals surface area contributed by atoms with Crippen LogP contribution in [0.3, 0.4) is 0 Å². The van der Waals surface area contributed by atoms with Crippen LogP contribution in [-0.4, -0.2) is 39.8 Å². The minimum Gasteiger partial charge on any atom is -0.491 e. The summed E-state index contributed by atoms with van der Waals surface area (Å²) in [5.41, 5.74) is 1.67. The van der Waals surface area contributed by atoms with Gasteiger partial charge in [-0.25, -0.2) is 0 Å². The highest BCUT2D eigenvalue weighted by molar-refractivity contribution is 7.85. The molecule has 0 heterocycles. The SMILES string of the molecule is CC(C)Oc1cccc(C(C)C(=O)NCC(CCOS(C)(=O)=O)c2ccc(Cl)c(Cl)c2)c1. The molecular formula is C23H29Cl2NO5S. The predicted molar refractivity (Wildman–Crippen MR) is 128 cm³/mol. The van der Waals surface area contributed by atoms with Crippen LogP contribution in [0.1, 0.15) is 50.2 Å².